The molecule has 2 N–H and O–H groups in total. The zero-order chi connectivity index (χ0) is 19.6. The number of benzene rings is 2. The van der Waals surface area contributed by atoms with Crippen molar-refractivity contribution in [1.29, 1.82) is 0 Å². The Morgan fingerprint density at radius 2 is 1.82 bits per heavy atom. The van der Waals surface area contributed by atoms with Crippen LogP contribution in [0.2, 0.25) is 0 Å². The molecule has 0 radical (unpaired) electrons. The number of hydrogen-bond donors (Lipinski definition) is 2. The van der Waals surface area contributed by atoms with Crippen LogP contribution in [-0.2, 0) is 13.1 Å². The minimum absolute atomic E-state index is 0. The molecule has 0 aliphatic rings. The van der Waals surface area contributed by atoms with Gasteiger partial charge in [-0.05, 0) is 24.6 Å². The highest BCUT2D eigenvalue weighted by Gasteiger charge is 2.07. The van der Waals surface area contributed by atoms with Crippen LogP contribution in [0.3, 0.4) is 0 Å². The summed E-state index contributed by atoms with van der Waals surface area (Å²) in [7, 11) is 3.23. The number of halogens is 1. The van der Waals surface area contributed by atoms with Gasteiger partial charge in [-0.15, -0.1) is 24.0 Å². The van der Waals surface area contributed by atoms with Crippen molar-refractivity contribution in [3.63, 3.8) is 0 Å². The Bertz CT molecular complexity index is 797. The van der Waals surface area contributed by atoms with Crippen LogP contribution in [0.1, 0.15) is 18.1 Å². The predicted octanol–water partition coefficient (Wildman–Crippen LogP) is 3.49. The molecule has 8 nitrogen and oxygen atoms in total. The van der Waals surface area contributed by atoms with Crippen LogP contribution in [0.15, 0.2) is 47.5 Å². The Kier molecular flexibility index (Phi) is 10.1. The maximum Gasteiger partial charge on any atom is 0.269 e. The number of nitrogens with one attached hydrogen (secondary N) is 2. The molecule has 0 saturated carbocycles. The second kappa shape index (κ2) is 12.0. The lowest BCUT2D eigenvalue weighted by Gasteiger charge is -2.14. The number of ether oxygens (including phenoxy) is 2. The first-order chi connectivity index (χ1) is 13.1. The second-order valence-corrected chi connectivity index (χ2v) is 5.65. The summed E-state index contributed by atoms with van der Waals surface area (Å²) in [6, 6.07) is 12.0. The standard InChI is InChI=1S/C19H24N4O4.HI/c1-4-20-19(21-12-14-5-8-16(9-6-14)23(24)25)22-13-15-7-10-17(26-2)11-18(15)27-3;/h5-11H,4,12-13H2,1-3H3,(H2,20,21,22);1H. The fourth-order valence-corrected chi connectivity index (χ4v) is 2.41. The number of aliphatic imine (C=N–C) groups is 1. The Morgan fingerprint density at radius 1 is 1.11 bits per heavy atom. The smallest absolute Gasteiger partial charge is 0.269 e. The van der Waals surface area contributed by atoms with Crippen LogP contribution in [0.25, 0.3) is 0 Å². The van der Waals surface area contributed by atoms with E-state index in [-0.39, 0.29) is 29.7 Å². The molecule has 0 amide bonds. The number of guanidine groups is 1. The lowest BCUT2D eigenvalue weighted by atomic mass is 10.2. The molecule has 2 rings (SSSR count). The van der Waals surface area contributed by atoms with Crippen molar-refractivity contribution in [3.05, 3.63) is 63.7 Å². The summed E-state index contributed by atoms with van der Waals surface area (Å²) in [6.45, 7) is 3.63. The van der Waals surface area contributed by atoms with E-state index in [2.05, 4.69) is 15.6 Å². The molecule has 2 aromatic carbocycles. The molecular formula is C19H25IN4O4. The van der Waals surface area contributed by atoms with E-state index in [1.54, 1.807) is 26.4 Å². The molecule has 0 saturated heterocycles. The van der Waals surface area contributed by atoms with Crippen LogP contribution < -0.4 is 20.1 Å². The lowest BCUT2D eigenvalue weighted by Crippen LogP contribution is -2.36. The highest BCUT2D eigenvalue weighted by Crippen LogP contribution is 2.24. The minimum atomic E-state index is -0.416. The highest BCUT2D eigenvalue weighted by molar-refractivity contribution is 14.0. The molecule has 0 aromatic heterocycles. The molecule has 0 spiro atoms. The topological polar surface area (TPSA) is 98.0 Å². The van der Waals surface area contributed by atoms with E-state index in [4.69, 9.17) is 9.47 Å². The Morgan fingerprint density at radius 3 is 2.39 bits per heavy atom. The normalized spacial score (nSPS) is 10.6. The predicted molar refractivity (Wildman–Crippen MR) is 120 cm³/mol. The van der Waals surface area contributed by atoms with Crippen LogP contribution in [0.5, 0.6) is 11.5 Å². The zero-order valence-electron chi connectivity index (χ0n) is 16.1. The van der Waals surface area contributed by atoms with E-state index >= 15 is 0 Å². The number of non-ortho nitro benzene ring substituents is 1. The van der Waals surface area contributed by atoms with Crippen molar-refractivity contribution < 1.29 is 14.4 Å². The van der Waals surface area contributed by atoms with Gasteiger partial charge in [-0.1, -0.05) is 12.1 Å². The summed E-state index contributed by atoms with van der Waals surface area (Å²) in [6.07, 6.45) is 0. The van der Waals surface area contributed by atoms with Gasteiger partial charge in [0.05, 0.1) is 25.7 Å². The van der Waals surface area contributed by atoms with E-state index in [1.807, 2.05) is 25.1 Å². The first-order valence-corrected chi connectivity index (χ1v) is 8.53. The average Bonchev–Trinajstić information content (AvgIpc) is 2.70. The van der Waals surface area contributed by atoms with Crippen molar-refractivity contribution >= 4 is 35.6 Å². The summed E-state index contributed by atoms with van der Waals surface area (Å²) in [5.41, 5.74) is 1.93. The van der Waals surface area contributed by atoms with Gasteiger partial charge in [-0.3, -0.25) is 10.1 Å². The van der Waals surface area contributed by atoms with Gasteiger partial charge in [0.25, 0.3) is 5.69 Å². The first kappa shape index (κ1) is 23.5. The number of nitrogens with zero attached hydrogens (tertiary/aromatic N) is 2. The highest BCUT2D eigenvalue weighted by atomic mass is 127. The lowest BCUT2D eigenvalue weighted by molar-refractivity contribution is -0.384. The van der Waals surface area contributed by atoms with Crippen molar-refractivity contribution in [2.45, 2.75) is 20.0 Å². The molecule has 0 unspecified atom stereocenters. The molecule has 0 aliphatic heterocycles. The van der Waals surface area contributed by atoms with Gasteiger partial charge in [-0.25, -0.2) is 4.99 Å². The van der Waals surface area contributed by atoms with Gasteiger partial charge in [0.2, 0.25) is 0 Å². The maximum absolute atomic E-state index is 10.7. The van der Waals surface area contributed by atoms with Crippen LogP contribution >= 0.6 is 24.0 Å². The monoisotopic (exact) mass is 500 g/mol. The summed E-state index contributed by atoms with van der Waals surface area (Å²) in [4.78, 5) is 14.8. The summed E-state index contributed by atoms with van der Waals surface area (Å²) in [5.74, 6) is 2.11. The fourth-order valence-electron chi connectivity index (χ4n) is 2.41. The molecule has 28 heavy (non-hydrogen) atoms. The molecule has 2 aromatic rings. The SMILES string of the molecule is CCNC(=NCc1ccc([N+](=O)[O-])cc1)NCc1ccc(OC)cc1OC.I. The zero-order valence-corrected chi connectivity index (χ0v) is 18.4. The van der Waals surface area contributed by atoms with Crippen molar-refractivity contribution in [2.75, 3.05) is 20.8 Å². The molecule has 0 fully saturated rings. The number of nitro benzene ring substituents is 1. The van der Waals surface area contributed by atoms with Crippen molar-refractivity contribution in [3.8, 4) is 11.5 Å². The quantitative estimate of drug-likeness (QED) is 0.189. The molecule has 0 atom stereocenters. The third-order valence-electron chi connectivity index (χ3n) is 3.85. The number of methoxy groups -OCH3 is 2. The molecule has 0 heterocycles. The average molecular weight is 500 g/mol. The summed E-state index contributed by atoms with van der Waals surface area (Å²) < 4.78 is 10.6. The Hall–Kier alpha value is -2.56. The fraction of sp³-hybridized carbons (Fsp3) is 0.316. The molecule has 0 aliphatic carbocycles. The van der Waals surface area contributed by atoms with E-state index in [0.29, 0.717) is 25.6 Å². The molecular weight excluding hydrogens is 475 g/mol. The summed E-state index contributed by atoms with van der Waals surface area (Å²) in [5, 5.41) is 17.2. The van der Waals surface area contributed by atoms with E-state index < -0.39 is 4.92 Å². The van der Waals surface area contributed by atoms with Crippen molar-refractivity contribution in [2.24, 2.45) is 4.99 Å². The largest absolute Gasteiger partial charge is 0.497 e. The Balaban J connectivity index is 0.00000392. The molecule has 0 bridgehead atoms. The summed E-state index contributed by atoms with van der Waals surface area (Å²) >= 11 is 0. The second-order valence-electron chi connectivity index (χ2n) is 5.65. The van der Waals surface area contributed by atoms with E-state index in [1.165, 1.54) is 12.1 Å². The third kappa shape index (κ3) is 6.87. The van der Waals surface area contributed by atoms with Gasteiger partial charge in [0.1, 0.15) is 11.5 Å². The van der Waals surface area contributed by atoms with Gasteiger partial charge in [0, 0.05) is 36.9 Å². The van der Waals surface area contributed by atoms with Crippen LogP contribution in [0.4, 0.5) is 5.69 Å². The maximum atomic E-state index is 10.7. The van der Waals surface area contributed by atoms with Crippen LogP contribution in [-0.4, -0.2) is 31.6 Å². The molecule has 9 heteroatoms. The minimum Gasteiger partial charge on any atom is -0.497 e. The van der Waals surface area contributed by atoms with E-state index in [0.717, 1.165) is 22.6 Å². The van der Waals surface area contributed by atoms with Gasteiger partial charge in [-0.2, -0.15) is 0 Å². The van der Waals surface area contributed by atoms with Crippen LogP contribution in [0, 0.1) is 10.1 Å². The number of rotatable bonds is 8. The number of nitro groups is 1. The first-order valence-electron chi connectivity index (χ1n) is 8.53. The number of hydrogen-bond acceptors (Lipinski definition) is 5. The van der Waals surface area contributed by atoms with Crippen molar-refractivity contribution in [1.82, 2.24) is 10.6 Å². The van der Waals surface area contributed by atoms with E-state index in [9.17, 15) is 10.1 Å². The Labute approximate surface area is 181 Å². The third-order valence-corrected chi connectivity index (χ3v) is 3.85. The van der Waals surface area contributed by atoms with Gasteiger partial charge < -0.3 is 20.1 Å². The molecule has 152 valence electrons. The van der Waals surface area contributed by atoms with Gasteiger partial charge >= 0.3 is 0 Å². The van der Waals surface area contributed by atoms with Gasteiger partial charge in [0.15, 0.2) is 5.96 Å².